The number of hydrogen-bond acceptors (Lipinski definition) is 6. The van der Waals surface area contributed by atoms with Gasteiger partial charge in [-0.25, -0.2) is 15.0 Å². The Morgan fingerprint density at radius 1 is 1.08 bits per heavy atom. The van der Waals surface area contributed by atoms with Gasteiger partial charge in [0.1, 0.15) is 23.8 Å². The summed E-state index contributed by atoms with van der Waals surface area (Å²) >= 11 is 0. The lowest BCUT2D eigenvalue weighted by molar-refractivity contribution is 0.241. The average molecular weight is 358 g/mol. The molecule has 3 rings (SSSR count). The molecule has 0 amide bonds. The largest absolute Gasteiger partial charge is 0.370 e. The normalized spacial score (nSPS) is 16.1. The second-order valence-corrected chi connectivity index (χ2v) is 8.22. The highest BCUT2D eigenvalue weighted by Crippen LogP contribution is 2.20. The molecule has 1 aliphatic heterocycles. The van der Waals surface area contributed by atoms with E-state index in [4.69, 9.17) is 0 Å². The molecule has 2 aromatic rings. The first-order chi connectivity index (χ1) is 12.4. The van der Waals surface area contributed by atoms with Gasteiger partial charge in [-0.3, -0.25) is 4.90 Å². The molecule has 2 aromatic heterocycles. The van der Waals surface area contributed by atoms with Crippen molar-refractivity contribution < 1.29 is 0 Å². The van der Waals surface area contributed by atoms with Crippen LogP contribution in [0.15, 0.2) is 24.8 Å². The Balaban J connectivity index is 1.51. The summed E-state index contributed by atoms with van der Waals surface area (Å²) in [5.74, 6) is 3.04. The fraction of sp³-hybridized carbons (Fsp3) is 0.632. The fourth-order valence-corrected chi connectivity index (χ4v) is 3.07. The van der Waals surface area contributed by atoms with E-state index in [9.17, 15) is 0 Å². The van der Waals surface area contributed by atoms with Crippen LogP contribution in [0.5, 0.6) is 0 Å². The Morgan fingerprint density at radius 3 is 2.50 bits per heavy atom. The zero-order chi connectivity index (χ0) is 18.6. The van der Waals surface area contributed by atoms with Gasteiger partial charge in [-0.1, -0.05) is 20.8 Å². The predicted molar refractivity (Wildman–Crippen MR) is 105 cm³/mol. The summed E-state index contributed by atoms with van der Waals surface area (Å²) in [6.07, 6.45) is 6.63. The molecule has 7 heteroatoms. The molecular weight excluding hydrogens is 326 g/mol. The zero-order valence-electron chi connectivity index (χ0n) is 16.4. The minimum atomic E-state index is 0.326. The molecule has 142 valence electrons. The standard InChI is InChI=1S/C19H31N7/c1-19(2,3)5-6-20-16-13-17(23-15-22-16)26-11-9-25(10-12-26)14-18-21-7-8-24(18)4/h7-8,13,15H,5-6,9-12,14H2,1-4H3,(H,20,22,23). The van der Waals surface area contributed by atoms with Crippen LogP contribution < -0.4 is 10.2 Å². The summed E-state index contributed by atoms with van der Waals surface area (Å²) < 4.78 is 2.09. The van der Waals surface area contributed by atoms with E-state index in [1.165, 1.54) is 0 Å². The van der Waals surface area contributed by atoms with Crippen LogP contribution in [0, 0.1) is 5.41 Å². The highest BCUT2D eigenvalue weighted by molar-refractivity contribution is 5.48. The summed E-state index contributed by atoms with van der Waals surface area (Å²) in [6.45, 7) is 12.6. The van der Waals surface area contributed by atoms with Crippen molar-refractivity contribution in [1.82, 2.24) is 24.4 Å². The molecule has 0 saturated carbocycles. The average Bonchev–Trinajstić information content (AvgIpc) is 3.00. The van der Waals surface area contributed by atoms with Crippen LogP contribution in [0.3, 0.4) is 0 Å². The second-order valence-electron chi connectivity index (χ2n) is 8.22. The fourth-order valence-electron chi connectivity index (χ4n) is 3.07. The summed E-state index contributed by atoms with van der Waals surface area (Å²) in [7, 11) is 2.05. The van der Waals surface area contributed by atoms with Gasteiger partial charge in [0.05, 0.1) is 6.54 Å². The lowest BCUT2D eigenvalue weighted by Crippen LogP contribution is -2.46. The Labute approximate surface area is 156 Å². The molecule has 3 heterocycles. The topological polar surface area (TPSA) is 62.1 Å². The van der Waals surface area contributed by atoms with Crippen LogP contribution >= 0.6 is 0 Å². The molecular formula is C19H31N7. The molecule has 0 aliphatic carbocycles. The minimum Gasteiger partial charge on any atom is -0.370 e. The second kappa shape index (κ2) is 8.03. The number of aromatic nitrogens is 4. The molecule has 0 unspecified atom stereocenters. The molecule has 7 nitrogen and oxygen atoms in total. The van der Waals surface area contributed by atoms with Crippen LogP contribution in [0.25, 0.3) is 0 Å². The first-order valence-corrected chi connectivity index (χ1v) is 9.40. The number of hydrogen-bond donors (Lipinski definition) is 1. The number of imidazole rings is 1. The van der Waals surface area contributed by atoms with Gasteiger partial charge in [0.15, 0.2) is 0 Å². The first kappa shape index (κ1) is 18.6. The van der Waals surface area contributed by atoms with Crippen LogP contribution in [-0.4, -0.2) is 57.1 Å². The van der Waals surface area contributed by atoms with Crippen molar-refractivity contribution in [3.63, 3.8) is 0 Å². The maximum Gasteiger partial charge on any atom is 0.134 e. The molecule has 26 heavy (non-hydrogen) atoms. The maximum atomic E-state index is 4.47. The SMILES string of the molecule is Cn1ccnc1CN1CCN(c2cc(NCCC(C)(C)C)ncn2)CC1. The van der Waals surface area contributed by atoms with E-state index in [2.05, 4.69) is 61.5 Å². The van der Waals surface area contributed by atoms with Crippen LogP contribution in [-0.2, 0) is 13.6 Å². The highest BCUT2D eigenvalue weighted by atomic mass is 15.3. The Bertz CT molecular complexity index is 696. The molecule has 1 saturated heterocycles. The monoisotopic (exact) mass is 357 g/mol. The summed E-state index contributed by atoms with van der Waals surface area (Å²) in [5, 5.41) is 3.43. The van der Waals surface area contributed by atoms with Crippen molar-refractivity contribution in [3.8, 4) is 0 Å². The number of aryl methyl sites for hydroxylation is 1. The van der Waals surface area contributed by atoms with Gasteiger partial charge in [-0.2, -0.15) is 0 Å². The molecule has 0 spiro atoms. The first-order valence-electron chi connectivity index (χ1n) is 9.40. The van der Waals surface area contributed by atoms with E-state index in [0.717, 1.165) is 63.1 Å². The Morgan fingerprint density at radius 2 is 1.85 bits per heavy atom. The van der Waals surface area contributed by atoms with Crippen molar-refractivity contribution in [3.05, 3.63) is 30.6 Å². The van der Waals surface area contributed by atoms with E-state index in [0.29, 0.717) is 5.41 Å². The Hall–Kier alpha value is -2.15. The minimum absolute atomic E-state index is 0.326. The number of rotatable bonds is 6. The third-order valence-electron chi connectivity index (χ3n) is 4.82. The lowest BCUT2D eigenvalue weighted by Gasteiger charge is -2.35. The van der Waals surface area contributed by atoms with Gasteiger partial charge in [0, 0.05) is 58.2 Å². The van der Waals surface area contributed by atoms with Gasteiger partial charge >= 0.3 is 0 Å². The maximum absolute atomic E-state index is 4.47. The van der Waals surface area contributed by atoms with Gasteiger partial charge in [0.2, 0.25) is 0 Å². The van der Waals surface area contributed by atoms with E-state index in [1.54, 1.807) is 6.33 Å². The third-order valence-corrected chi connectivity index (χ3v) is 4.82. The Kier molecular flexibility index (Phi) is 5.76. The quantitative estimate of drug-likeness (QED) is 0.856. The zero-order valence-corrected chi connectivity index (χ0v) is 16.4. The van der Waals surface area contributed by atoms with Crippen LogP contribution in [0.2, 0.25) is 0 Å². The molecule has 0 bridgehead atoms. The summed E-state index contributed by atoms with van der Waals surface area (Å²) in [4.78, 5) is 18.0. The molecule has 0 radical (unpaired) electrons. The van der Waals surface area contributed by atoms with Crippen LogP contribution in [0.4, 0.5) is 11.6 Å². The van der Waals surface area contributed by atoms with Gasteiger partial charge in [0.25, 0.3) is 0 Å². The van der Waals surface area contributed by atoms with Gasteiger partial charge in [-0.15, -0.1) is 0 Å². The van der Waals surface area contributed by atoms with E-state index < -0.39 is 0 Å². The number of nitrogens with one attached hydrogen (secondary N) is 1. The molecule has 1 fully saturated rings. The van der Waals surface area contributed by atoms with Gasteiger partial charge < -0.3 is 14.8 Å². The van der Waals surface area contributed by atoms with Crippen molar-refractivity contribution >= 4 is 11.6 Å². The van der Waals surface area contributed by atoms with Crippen molar-refractivity contribution in [2.45, 2.75) is 33.7 Å². The van der Waals surface area contributed by atoms with Crippen molar-refractivity contribution in [2.24, 2.45) is 12.5 Å². The molecule has 1 aliphatic rings. The summed E-state index contributed by atoms with van der Waals surface area (Å²) in [6, 6.07) is 2.07. The predicted octanol–water partition coefficient (Wildman–Crippen LogP) is 2.38. The summed E-state index contributed by atoms with van der Waals surface area (Å²) in [5.41, 5.74) is 0.326. The smallest absolute Gasteiger partial charge is 0.134 e. The van der Waals surface area contributed by atoms with E-state index >= 15 is 0 Å². The van der Waals surface area contributed by atoms with Gasteiger partial charge in [-0.05, 0) is 11.8 Å². The number of nitrogens with zero attached hydrogens (tertiary/aromatic N) is 6. The van der Waals surface area contributed by atoms with Crippen molar-refractivity contribution in [2.75, 3.05) is 42.9 Å². The van der Waals surface area contributed by atoms with E-state index in [-0.39, 0.29) is 0 Å². The molecule has 0 atom stereocenters. The van der Waals surface area contributed by atoms with Crippen LogP contribution in [0.1, 0.15) is 33.0 Å². The highest BCUT2D eigenvalue weighted by Gasteiger charge is 2.19. The van der Waals surface area contributed by atoms with Crippen molar-refractivity contribution in [1.29, 1.82) is 0 Å². The lowest BCUT2D eigenvalue weighted by atomic mass is 9.92. The van der Waals surface area contributed by atoms with E-state index in [1.807, 2.05) is 19.4 Å². The number of anilines is 2. The third kappa shape index (κ3) is 5.17. The molecule has 1 N–H and O–H groups in total. The number of piperazine rings is 1. The molecule has 0 aromatic carbocycles.